The number of nitrogens with zero attached hydrogens (tertiary/aromatic N) is 4. The number of nitrogens with two attached hydrogens (primary N) is 1. The summed E-state index contributed by atoms with van der Waals surface area (Å²) in [4.78, 5) is 17.3. The Morgan fingerprint density at radius 3 is 2.47 bits per heavy atom. The summed E-state index contributed by atoms with van der Waals surface area (Å²) in [5.41, 5.74) is 14.6. The van der Waals surface area contributed by atoms with Gasteiger partial charge in [-0.25, -0.2) is 5.43 Å². The molecule has 12 nitrogen and oxygen atoms in total. The largest absolute Gasteiger partial charge is 0.493 e. The van der Waals surface area contributed by atoms with Crippen molar-refractivity contribution in [3.63, 3.8) is 0 Å². The van der Waals surface area contributed by atoms with Crippen LogP contribution in [0.25, 0.3) is 6.08 Å². The number of hydrogen-bond acceptors (Lipinski definition) is 9. The molecule has 2 aromatic carbocycles. The number of amides is 1. The van der Waals surface area contributed by atoms with Gasteiger partial charge in [0.05, 0.1) is 19.9 Å². The lowest BCUT2D eigenvalue weighted by molar-refractivity contribution is -0.117. The van der Waals surface area contributed by atoms with Crippen LogP contribution < -0.4 is 31.5 Å². The van der Waals surface area contributed by atoms with E-state index in [0.29, 0.717) is 23.7 Å². The van der Waals surface area contributed by atoms with Gasteiger partial charge in [-0.3, -0.25) is 15.2 Å². The minimum Gasteiger partial charge on any atom is -0.493 e. The number of benzene rings is 2. The second kappa shape index (κ2) is 18.0. The van der Waals surface area contributed by atoms with Gasteiger partial charge in [0.25, 0.3) is 5.91 Å². The molecule has 2 rings (SSSR count). The summed E-state index contributed by atoms with van der Waals surface area (Å²) in [6, 6.07) is 14.5. The molecule has 0 unspecified atom stereocenters. The number of oxime groups is 1. The van der Waals surface area contributed by atoms with Crippen molar-refractivity contribution in [2.24, 2.45) is 26.3 Å². The van der Waals surface area contributed by atoms with Gasteiger partial charge in [0.15, 0.2) is 17.3 Å². The van der Waals surface area contributed by atoms with Gasteiger partial charge >= 0.3 is 0 Å². The molecule has 36 heavy (non-hydrogen) atoms. The lowest BCUT2D eigenvalue weighted by Crippen LogP contribution is -2.26. The van der Waals surface area contributed by atoms with Crippen molar-refractivity contribution in [3.8, 4) is 11.5 Å². The highest BCUT2D eigenvalue weighted by Gasteiger charge is 2.09. The standard InChI is InChI=1S/C22H28N8O4.C2H6/c1-4-33-20-13-17(10-11-19(20)32-3)14-25-28-22(31)18(12-16-8-6-5-7-9-16)27-30-26-15-21(23)29-34-24-2;1-2/h5-14,24H,4,15H2,1-3H3,(H2,23,29)(H,26,27)(H,28,31);1-2H3/b18-12+,25-14+;. The zero-order valence-corrected chi connectivity index (χ0v) is 21.2. The van der Waals surface area contributed by atoms with Crippen molar-refractivity contribution in [1.29, 1.82) is 0 Å². The first-order valence-corrected chi connectivity index (χ1v) is 11.3. The van der Waals surface area contributed by atoms with Gasteiger partial charge in [0, 0.05) is 7.05 Å². The predicted octanol–water partition coefficient (Wildman–Crippen LogP) is 2.99. The fraction of sp³-hybridized carbons (Fsp3) is 0.292. The SMILES string of the molecule is CC.CCOc1cc(/C=N/NC(=O)/C(=C\c2ccccc2)NN=NC/C(N)=N\ONC)ccc1OC. The molecule has 0 aliphatic heterocycles. The van der Waals surface area contributed by atoms with E-state index in [0.717, 1.165) is 5.56 Å². The third-order valence-electron chi connectivity index (χ3n) is 3.95. The molecule has 0 radical (unpaired) electrons. The topological polar surface area (TPSA) is 156 Å². The van der Waals surface area contributed by atoms with Crippen molar-refractivity contribution < 1.29 is 19.2 Å². The van der Waals surface area contributed by atoms with Crippen LogP contribution in [0.3, 0.4) is 0 Å². The Morgan fingerprint density at radius 2 is 1.81 bits per heavy atom. The summed E-state index contributed by atoms with van der Waals surface area (Å²) in [5, 5.41) is 15.2. The maximum atomic E-state index is 12.7. The van der Waals surface area contributed by atoms with E-state index < -0.39 is 5.91 Å². The number of rotatable bonds is 13. The zero-order valence-electron chi connectivity index (χ0n) is 21.2. The zero-order chi connectivity index (χ0) is 26.6. The Bertz CT molecular complexity index is 1040. The first-order valence-electron chi connectivity index (χ1n) is 11.3. The Labute approximate surface area is 211 Å². The van der Waals surface area contributed by atoms with Crippen LogP contribution in [-0.2, 0) is 9.73 Å². The normalized spacial score (nSPS) is 11.6. The van der Waals surface area contributed by atoms with Gasteiger partial charge in [0.2, 0.25) is 0 Å². The number of nitrogens with one attached hydrogen (secondary N) is 3. The van der Waals surface area contributed by atoms with Crippen LogP contribution in [0, 0.1) is 0 Å². The van der Waals surface area contributed by atoms with E-state index in [2.05, 4.69) is 41.9 Å². The number of methoxy groups -OCH3 is 1. The average molecular weight is 499 g/mol. The number of hydroxylamine groups is 1. The molecule has 0 aliphatic rings. The molecule has 0 aromatic heterocycles. The Hall–Kier alpha value is -4.45. The van der Waals surface area contributed by atoms with Crippen molar-refractivity contribution in [2.75, 3.05) is 27.3 Å². The number of carbonyl (C=O) groups is 1. The first-order chi connectivity index (χ1) is 17.6. The summed E-state index contributed by atoms with van der Waals surface area (Å²) in [6.07, 6.45) is 3.09. The van der Waals surface area contributed by atoms with Crippen LogP contribution in [0.2, 0.25) is 0 Å². The van der Waals surface area contributed by atoms with Crippen molar-refractivity contribution in [3.05, 3.63) is 65.4 Å². The molecule has 194 valence electrons. The molecule has 12 heteroatoms. The van der Waals surface area contributed by atoms with Crippen LogP contribution in [0.5, 0.6) is 11.5 Å². The number of amidine groups is 1. The molecule has 0 saturated heterocycles. The maximum absolute atomic E-state index is 12.7. The molecular weight excluding hydrogens is 464 g/mol. The minimum atomic E-state index is -0.530. The summed E-state index contributed by atoms with van der Waals surface area (Å²) < 4.78 is 10.8. The summed E-state index contributed by atoms with van der Waals surface area (Å²) in [7, 11) is 3.10. The molecule has 0 fully saturated rings. The van der Waals surface area contributed by atoms with E-state index in [-0.39, 0.29) is 18.1 Å². The predicted molar refractivity (Wildman–Crippen MR) is 140 cm³/mol. The van der Waals surface area contributed by atoms with Crippen LogP contribution in [-0.4, -0.2) is 45.3 Å². The van der Waals surface area contributed by atoms with E-state index >= 15 is 0 Å². The lowest BCUT2D eigenvalue weighted by Gasteiger charge is -2.09. The monoisotopic (exact) mass is 498 g/mol. The quantitative estimate of drug-likeness (QED) is 0.109. The van der Waals surface area contributed by atoms with Gasteiger partial charge in [-0.2, -0.15) is 10.2 Å². The van der Waals surface area contributed by atoms with Crippen molar-refractivity contribution >= 4 is 24.0 Å². The molecule has 0 bridgehead atoms. The van der Waals surface area contributed by atoms with Gasteiger partial charge in [0.1, 0.15) is 12.2 Å². The third kappa shape index (κ3) is 11.1. The second-order valence-corrected chi connectivity index (χ2v) is 6.40. The van der Waals surface area contributed by atoms with E-state index in [1.165, 1.54) is 13.3 Å². The summed E-state index contributed by atoms with van der Waals surface area (Å²) >= 11 is 0. The highest BCUT2D eigenvalue weighted by Crippen LogP contribution is 2.27. The van der Waals surface area contributed by atoms with E-state index in [4.69, 9.17) is 15.2 Å². The average Bonchev–Trinajstić information content (AvgIpc) is 2.91. The number of hydrogen-bond donors (Lipinski definition) is 4. The van der Waals surface area contributed by atoms with Gasteiger partial charge in [-0.1, -0.05) is 49.4 Å². The number of carbonyl (C=O) groups excluding carboxylic acids is 1. The Balaban J connectivity index is 0.00000316. The third-order valence-corrected chi connectivity index (χ3v) is 3.95. The molecule has 0 atom stereocenters. The molecule has 0 aliphatic carbocycles. The molecule has 5 N–H and O–H groups in total. The fourth-order valence-electron chi connectivity index (χ4n) is 2.46. The van der Waals surface area contributed by atoms with E-state index in [9.17, 15) is 4.79 Å². The number of hydrazone groups is 1. The van der Waals surface area contributed by atoms with Gasteiger partial charge in [-0.15, -0.1) is 5.48 Å². The van der Waals surface area contributed by atoms with Gasteiger partial charge < -0.3 is 15.2 Å². The van der Waals surface area contributed by atoms with Crippen LogP contribution in [0.4, 0.5) is 0 Å². The van der Waals surface area contributed by atoms with Crippen molar-refractivity contribution in [1.82, 2.24) is 16.3 Å². The van der Waals surface area contributed by atoms with Crippen LogP contribution in [0.15, 0.2) is 74.8 Å². The van der Waals surface area contributed by atoms with E-state index in [1.807, 2.05) is 51.1 Å². The lowest BCUT2D eigenvalue weighted by atomic mass is 10.2. The molecule has 0 spiro atoms. The molecule has 2 aromatic rings. The molecular formula is C24H34N8O4. The van der Waals surface area contributed by atoms with Crippen LogP contribution in [0.1, 0.15) is 31.9 Å². The minimum absolute atomic E-state index is 0.0350. The summed E-state index contributed by atoms with van der Waals surface area (Å²) in [5.74, 6) is 0.745. The highest BCUT2D eigenvalue weighted by molar-refractivity contribution is 5.97. The molecule has 0 heterocycles. The molecule has 0 saturated carbocycles. The fourth-order valence-corrected chi connectivity index (χ4v) is 2.46. The van der Waals surface area contributed by atoms with Crippen molar-refractivity contribution in [2.45, 2.75) is 20.8 Å². The maximum Gasteiger partial charge on any atom is 0.289 e. The highest BCUT2D eigenvalue weighted by atomic mass is 16.8. The van der Waals surface area contributed by atoms with Crippen LogP contribution >= 0.6 is 0 Å². The second-order valence-electron chi connectivity index (χ2n) is 6.40. The first kappa shape index (κ1) is 29.6. The van der Waals surface area contributed by atoms with Gasteiger partial charge in [-0.05, 0) is 47.5 Å². The Kier molecular flexibility index (Phi) is 14.8. The molecule has 1 amide bonds. The number of ether oxygens (including phenoxy) is 2. The van der Waals surface area contributed by atoms with E-state index in [1.54, 1.807) is 31.4 Å². The summed E-state index contributed by atoms with van der Waals surface area (Å²) in [6.45, 7) is 6.33. The smallest absolute Gasteiger partial charge is 0.289 e. The Morgan fingerprint density at radius 1 is 1.06 bits per heavy atom.